The van der Waals surface area contributed by atoms with E-state index in [1.165, 1.54) is 12.1 Å². The minimum atomic E-state index is -4.38. The highest BCUT2D eigenvalue weighted by atomic mass is 35.5. The number of benzene rings is 2. The van der Waals surface area contributed by atoms with Crippen LogP contribution in [0.1, 0.15) is 35.7 Å². The third kappa shape index (κ3) is 4.86. The highest BCUT2D eigenvalue weighted by Gasteiger charge is 2.30. The van der Waals surface area contributed by atoms with Gasteiger partial charge in [0.2, 0.25) is 0 Å². The lowest BCUT2D eigenvalue weighted by molar-refractivity contribution is -0.137. The van der Waals surface area contributed by atoms with Gasteiger partial charge in [-0.2, -0.15) is 13.2 Å². The smallest absolute Gasteiger partial charge is 0.338 e. The Balaban J connectivity index is 0.00000280. The number of rotatable bonds is 3. The molecular formula is C21H24ClF3N2O. The summed E-state index contributed by atoms with van der Waals surface area (Å²) >= 11 is 0. The molecule has 28 heavy (non-hydrogen) atoms. The number of halogens is 4. The predicted molar refractivity (Wildman–Crippen MR) is 106 cm³/mol. The number of hydrogen-bond acceptors (Lipinski definition) is 2. The van der Waals surface area contributed by atoms with Crippen LogP contribution in [-0.4, -0.2) is 29.9 Å². The predicted octanol–water partition coefficient (Wildman–Crippen LogP) is 4.99. The lowest BCUT2D eigenvalue weighted by Crippen LogP contribution is -2.45. The van der Waals surface area contributed by atoms with E-state index in [2.05, 4.69) is 0 Å². The van der Waals surface area contributed by atoms with Crippen LogP contribution in [0.2, 0.25) is 0 Å². The van der Waals surface area contributed by atoms with E-state index in [-0.39, 0.29) is 30.3 Å². The summed E-state index contributed by atoms with van der Waals surface area (Å²) in [5.41, 5.74) is 7.04. The minimum absolute atomic E-state index is 0. The summed E-state index contributed by atoms with van der Waals surface area (Å²) in [6.07, 6.45) is -2.47. The van der Waals surface area contributed by atoms with Gasteiger partial charge in [0.1, 0.15) is 0 Å². The molecule has 0 bridgehead atoms. The standard InChI is InChI=1S/C21H23F3N2O.ClH/c1-14(25)16-5-4-12-26(13-16)20(27)19-7-3-2-6-18(19)15-8-10-17(11-9-15)21(22,23)24;/h2-3,6-11,14,16H,4-5,12-13,25H2,1H3;1H. The van der Waals surface area contributed by atoms with Crippen LogP contribution < -0.4 is 5.73 Å². The van der Waals surface area contributed by atoms with Gasteiger partial charge in [0, 0.05) is 24.7 Å². The van der Waals surface area contributed by atoms with Gasteiger partial charge < -0.3 is 10.6 Å². The van der Waals surface area contributed by atoms with E-state index >= 15 is 0 Å². The van der Waals surface area contributed by atoms with Gasteiger partial charge in [-0.3, -0.25) is 4.79 Å². The van der Waals surface area contributed by atoms with Crippen molar-refractivity contribution in [3.8, 4) is 11.1 Å². The lowest BCUT2D eigenvalue weighted by atomic mass is 9.91. The topological polar surface area (TPSA) is 46.3 Å². The van der Waals surface area contributed by atoms with Crippen molar-refractivity contribution < 1.29 is 18.0 Å². The molecule has 1 amide bonds. The monoisotopic (exact) mass is 412 g/mol. The highest BCUT2D eigenvalue weighted by molar-refractivity contribution is 6.01. The average Bonchev–Trinajstić information content (AvgIpc) is 2.67. The largest absolute Gasteiger partial charge is 0.416 e. The molecule has 1 saturated heterocycles. The molecule has 1 aliphatic heterocycles. The van der Waals surface area contributed by atoms with Crippen molar-refractivity contribution in [2.75, 3.05) is 13.1 Å². The SMILES string of the molecule is CC(N)C1CCCN(C(=O)c2ccccc2-c2ccc(C(F)(F)F)cc2)C1.Cl. The molecular weight excluding hydrogens is 389 g/mol. The number of nitrogens with two attached hydrogens (primary N) is 1. The number of carbonyl (C=O) groups excluding carboxylic acids is 1. The summed E-state index contributed by atoms with van der Waals surface area (Å²) in [6, 6.07) is 12.0. The number of carbonyl (C=O) groups is 1. The fraction of sp³-hybridized carbons (Fsp3) is 0.381. The number of likely N-dealkylation sites (tertiary alicyclic amines) is 1. The third-order valence-electron chi connectivity index (χ3n) is 5.17. The Bertz CT molecular complexity index is 806. The molecule has 2 atom stereocenters. The van der Waals surface area contributed by atoms with Crippen molar-refractivity contribution in [2.45, 2.75) is 32.0 Å². The molecule has 0 saturated carbocycles. The third-order valence-corrected chi connectivity index (χ3v) is 5.17. The van der Waals surface area contributed by atoms with Crippen LogP contribution in [0.4, 0.5) is 13.2 Å². The molecule has 7 heteroatoms. The molecule has 0 radical (unpaired) electrons. The Hall–Kier alpha value is -2.05. The Morgan fingerprint density at radius 1 is 1.14 bits per heavy atom. The summed E-state index contributed by atoms with van der Waals surface area (Å²) < 4.78 is 38.4. The minimum Gasteiger partial charge on any atom is -0.338 e. The van der Waals surface area contributed by atoms with Crippen LogP contribution in [0, 0.1) is 5.92 Å². The van der Waals surface area contributed by atoms with E-state index in [9.17, 15) is 18.0 Å². The molecule has 3 nitrogen and oxygen atoms in total. The molecule has 1 heterocycles. The summed E-state index contributed by atoms with van der Waals surface area (Å²) in [4.78, 5) is 14.9. The fourth-order valence-corrected chi connectivity index (χ4v) is 3.55. The van der Waals surface area contributed by atoms with Gasteiger partial charge in [-0.25, -0.2) is 0 Å². The number of hydrogen-bond donors (Lipinski definition) is 1. The lowest BCUT2D eigenvalue weighted by Gasteiger charge is -2.35. The van der Waals surface area contributed by atoms with Crippen LogP contribution in [0.15, 0.2) is 48.5 Å². The van der Waals surface area contributed by atoms with Gasteiger partial charge in [-0.1, -0.05) is 30.3 Å². The van der Waals surface area contributed by atoms with E-state index < -0.39 is 11.7 Å². The first kappa shape index (κ1) is 22.2. The average molecular weight is 413 g/mol. The molecule has 2 aromatic rings. The second kappa shape index (κ2) is 8.97. The molecule has 2 aromatic carbocycles. The van der Waals surface area contributed by atoms with Crippen molar-refractivity contribution in [2.24, 2.45) is 11.7 Å². The first-order chi connectivity index (χ1) is 12.8. The maximum Gasteiger partial charge on any atom is 0.416 e. The maximum atomic E-state index is 13.1. The van der Waals surface area contributed by atoms with Crippen molar-refractivity contribution in [1.29, 1.82) is 0 Å². The molecule has 0 aromatic heterocycles. The summed E-state index contributed by atoms with van der Waals surface area (Å²) in [5, 5.41) is 0. The number of piperidine rings is 1. The second-order valence-electron chi connectivity index (χ2n) is 7.13. The normalized spacial score (nSPS) is 18.3. The van der Waals surface area contributed by atoms with Crippen molar-refractivity contribution in [3.63, 3.8) is 0 Å². The number of alkyl halides is 3. The van der Waals surface area contributed by atoms with E-state index in [4.69, 9.17) is 5.73 Å². The maximum absolute atomic E-state index is 13.1. The van der Waals surface area contributed by atoms with Gasteiger partial charge in [0.25, 0.3) is 5.91 Å². The van der Waals surface area contributed by atoms with Gasteiger partial charge in [0.15, 0.2) is 0 Å². The van der Waals surface area contributed by atoms with Crippen LogP contribution in [-0.2, 0) is 6.18 Å². The first-order valence-corrected chi connectivity index (χ1v) is 9.09. The van der Waals surface area contributed by atoms with Crippen LogP contribution >= 0.6 is 12.4 Å². The highest BCUT2D eigenvalue weighted by Crippen LogP contribution is 2.32. The van der Waals surface area contributed by atoms with Gasteiger partial charge in [0.05, 0.1) is 5.56 Å². The summed E-state index contributed by atoms with van der Waals surface area (Å²) in [5.74, 6) is 0.164. The van der Waals surface area contributed by atoms with Crippen LogP contribution in [0.3, 0.4) is 0 Å². The quantitative estimate of drug-likeness (QED) is 0.771. The molecule has 2 unspecified atom stereocenters. The zero-order chi connectivity index (χ0) is 19.6. The van der Waals surface area contributed by atoms with Crippen molar-refractivity contribution >= 4 is 18.3 Å². The zero-order valence-corrected chi connectivity index (χ0v) is 16.4. The Labute approximate surface area is 169 Å². The molecule has 0 spiro atoms. The van der Waals surface area contributed by atoms with Crippen molar-refractivity contribution in [3.05, 3.63) is 59.7 Å². The van der Waals surface area contributed by atoms with E-state index in [1.54, 1.807) is 29.2 Å². The van der Waals surface area contributed by atoms with Gasteiger partial charge >= 0.3 is 6.18 Å². The first-order valence-electron chi connectivity index (χ1n) is 9.09. The summed E-state index contributed by atoms with van der Waals surface area (Å²) in [6.45, 7) is 3.23. The fourth-order valence-electron chi connectivity index (χ4n) is 3.55. The molecule has 0 aliphatic carbocycles. The van der Waals surface area contributed by atoms with E-state index in [0.717, 1.165) is 25.0 Å². The summed E-state index contributed by atoms with van der Waals surface area (Å²) in [7, 11) is 0. The molecule has 1 fully saturated rings. The molecule has 2 N–H and O–H groups in total. The zero-order valence-electron chi connectivity index (χ0n) is 15.6. The van der Waals surface area contributed by atoms with Crippen LogP contribution in [0.25, 0.3) is 11.1 Å². The van der Waals surface area contributed by atoms with Crippen LogP contribution in [0.5, 0.6) is 0 Å². The second-order valence-corrected chi connectivity index (χ2v) is 7.13. The number of nitrogens with zero attached hydrogens (tertiary/aromatic N) is 1. The van der Waals surface area contributed by atoms with Gasteiger partial charge in [-0.15, -0.1) is 12.4 Å². The molecule has 1 aliphatic rings. The van der Waals surface area contributed by atoms with Crippen molar-refractivity contribution in [1.82, 2.24) is 4.90 Å². The Morgan fingerprint density at radius 3 is 2.39 bits per heavy atom. The number of amides is 1. The van der Waals surface area contributed by atoms with E-state index in [0.29, 0.717) is 29.8 Å². The molecule has 3 rings (SSSR count). The Kier molecular flexibility index (Phi) is 7.12. The molecule has 152 valence electrons. The van der Waals surface area contributed by atoms with E-state index in [1.807, 2.05) is 6.92 Å². The Morgan fingerprint density at radius 2 is 1.79 bits per heavy atom. The van der Waals surface area contributed by atoms with Gasteiger partial charge in [-0.05, 0) is 55.0 Å².